The molecule has 0 spiro atoms. The molecule has 2 atom stereocenters. The molecule has 190 valence electrons. The maximum absolute atomic E-state index is 12.2. The molecule has 6 heteroatoms. The summed E-state index contributed by atoms with van der Waals surface area (Å²) in [5, 5.41) is 2.53. The van der Waals surface area contributed by atoms with Crippen LogP contribution in [0.15, 0.2) is 77.9 Å². The van der Waals surface area contributed by atoms with Gasteiger partial charge in [0.25, 0.3) is 0 Å². The molecule has 2 unspecified atom stereocenters. The number of thioether (sulfide) groups is 1. The summed E-state index contributed by atoms with van der Waals surface area (Å²) in [7, 11) is 0. The first kappa shape index (κ1) is 26.1. The Morgan fingerprint density at radius 2 is 1.89 bits per heavy atom. The summed E-state index contributed by atoms with van der Waals surface area (Å²) in [6, 6.07) is 16.1. The Balaban J connectivity index is 1.30. The lowest BCUT2D eigenvalue weighted by atomic mass is 9.93. The fraction of sp³-hybridized carbons (Fsp3) is 0.367. The van der Waals surface area contributed by atoms with Gasteiger partial charge in [-0.15, -0.1) is 11.8 Å². The Hall–Kier alpha value is -2.96. The van der Waals surface area contributed by atoms with Gasteiger partial charge in [0.15, 0.2) is 6.10 Å². The minimum atomic E-state index is -0.577. The molecule has 0 bridgehead atoms. The number of benzene rings is 2. The number of allylic oxidation sites excluding steroid dienone is 3. The highest BCUT2D eigenvalue weighted by atomic mass is 32.2. The first-order valence-corrected chi connectivity index (χ1v) is 13.6. The van der Waals surface area contributed by atoms with Gasteiger partial charge in [-0.1, -0.05) is 37.3 Å². The van der Waals surface area contributed by atoms with E-state index in [1.54, 1.807) is 13.2 Å². The summed E-state index contributed by atoms with van der Waals surface area (Å²) in [5.41, 5.74) is 4.73. The van der Waals surface area contributed by atoms with E-state index in [0.29, 0.717) is 31.5 Å². The predicted molar refractivity (Wildman–Crippen MR) is 145 cm³/mol. The second kappa shape index (κ2) is 13.4. The quantitative estimate of drug-likeness (QED) is 0.235. The lowest BCUT2D eigenvalue weighted by molar-refractivity contribution is -0.156. The van der Waals surface area contributed by atoms with Crippen molar-refractivity contribution in [3.05, 3.63) is 89.1 Å². The number of carbonyl (C=O) groups is 1. The van der Waals surface area contributed by atoms with Crippen molar-refractivity contribution in [1.82, 2.24) is 0 Å². The van der Waals surface area contributed by atoms with Crippen LogP contribution in [0.4, 0.5) is 0 Å². The molecule has 2 aliphatic heterocycles. The lowest BCUT2D eigenvalue weighted by Gasteiger charge is -2.24. The standard InChI is InChI=1S/C30H34O5S/c1-3-17-34-27(30(31)32-4-2)21-22-11-13-24(14-12-22)33-18-7-10-28-29-23(16-20-36-28)15-19-35-26-9-6-5-8-25(26)29/h5-6,8-9,11-16,19-20,27-28H,3-4,7,10,17-18,21H2,1-2H3. The van der Waals surface area contributed by atoms with Crippen molar-refractivity contribution in [3.8, 4) is 11.5 Å². The van der Waals surface area contributed by atoms with Gasteiger partial charge in [-0.25, -0.2) is 4.79 Å². The summed E-state index contributed by atoms with van der Waals surface area (Å²) in [5.74, 6) is 1.42. The Labute approximate surface area is 218 Å². The zero-order valence-corrected chi connectivity index (χ0v) is 21.8. The van der Waals surface area contributed by atoms with Crippen LogP contribution in [0.25, 0.3) is 5.57 Å². The van der Waals surface area contributed by atoms with Crippen LogP contribution in [0.3, 0.4) is 0 Å². The third kappa shape index (κ3) is 6.83. The number of rotatable bonds is 12. The van der Waals surface area contributed by atoms with E-state index >= 15 is 0 Å². The number of hydrogen-bond donors (Lipinski definition) is 0. The maximum Gasteiger partial charge on any atom is 0.335 e. The molecule has 2 heterocycles. The molecule has 2 aromatic carbocycles. The minimum Gasteiger partial charge on any atom is -0.494 e. The molecule has 5 nitrogen and oxygen atoms in total. The monoisotopic (exact) mass is 506 g/mol. The summed E-state index contributed by atoms with van der Waals surface area (Å²) in [6.07, 6.45) is 8.70. The summed E-state index contributed by atoms with van der Waals surface area (Å²) in [4.78, 5) is 12.2. The SMILES string of the molecule is CCCOC(Cc1ccc(OCCCC2SC=CC3=C2c2ccccc2OC=C3)cc1)C(=O)OCC. The normalized spacial score (nSPS) is 17.0. The molecule has 0 aliphatic carbocycles. The van der Waals surface area contributed by atoms with Crippen molar-refractivity contribution in [1.29, 1.82) is 0 Å². The van der Waals surface area contributed by atoms with Crippen LogP contribution in [0.2, 0.25) is 0 Å². The Kier molecular flexibility index (Phi) is 9.70. The predicted octanol–water partition coefficient (Wildman–Crippen LogP) is 6.74. The maximum atomic E-state index is 12.2. The van der Waals surface area contributed by atoms with E-state index in [9.17, 15) is 4.79 Å². The Morgan fingerprint density at radius 1 is 1.06 bits per heavy atom. The van der Waals surface area contributed by atoms with Gasteiger partial charge < -0.3 is 18.9 Å². The molecule has 2 aromatic rings. The number of carbonyl (C=O) groups excluding carboxylic acids is 1. The largest absolute Gasteiger partial charge is 0.494 e. The molecule has 2 aliphatic rings. The number of fused-ring (bicyclic) bond motifs is 2. The summed E-state index contributed by atoms with van der Waals surface area (Å²) >= 11 is 1.85. The van der Waals surface area contributed by atoms with Gasteiger partial charge in [0, 0.05) is 23.8 Å². The topological polar surface area (TPSA) is 54.0 Å². The van der Waals surface area contributed by atoms with E-state index in [2.05, 4.69) is 29.7 Å². The van der Waals surface area contributed by atoms with Crippen LogP contribution < -0.4 is 9.47 Å². The lowest BCUT2D eigenvalue weighted by Crippen LogP contribution is -2.29. The minimum absolute atomic E-state index is 0.307. The van der Waals surface area contributed by atoms with Crippen molar-refractivity contribution < 1.29 is 23.7 Å². The molecular weight excluding hydrogens is 472 g/mol. The van der Waals surface area contributed by atoms with Crippen molar-refractivity contribution in [3.63, 3.8) is 0 Å². The van der Waals surface area contributed by atoms with Crippen molar-refractivity contribution in [2.45, 2.75) is 50.9 Å². The number of para-hydroxylation sites is 1. The van der Waals surface area contributed by atoms with Crippen LogP contribution in [0, 0.1) is 0 Å². The highest BCUT2D eigenvalue weighted by Crippen LogP contribution is 2.43. The average Bonchev–Trinajstić information content (AvgIpc) is 3.10. The zero-order chi connectivity index (χ0) is 25.2. The van der Waals surface area contributed by atoms with Gasteiger partial charge in [0.05, 0.1) is 19.5 Å². The van der Waals surface area contributed by atoms with E-state index in [4.69, 9.17) is 18.9 Å². The highest BCUT2D eigenvalue weighted by molar-refractivity contribution is 8.03. The van der Waals surface area contributed by atoms with Gasteiger partial charge in [-0.05, 0) is 78.7 Å². The van der Waals surface area contributed by atoms with E-state index in [1.165, 1.54) is 16.7 Å². The zero-order valence-electron chi connectivity index (χ0n) is 21.0. The van der Waals surface area contributed by atoms with Crippen LogP contribution in [-0.2, 0) is 20.7 Å². The number of esters is 1. The van der Waals surface area contributed by atoms with Gasteiger partial charge in [-0.2, -0.15) is 0 Å². The molecule has 0 saturated carbocycles. The molecule has 0 fully saturated rings. The van der Waals surface area contributed by atoms with Crippen LogP contribution in [-0.4, -0.2) is 37.1 Å². The van der Waals surface area contributed by atoms with Crippen LogP contribution in [0.1, 0.15) is 44.2 Å². The first-order chi connectivity index (χ1) is 17.7. The molecule has 36 heavy (non-hydrogen) atoms. The second-order valence-electron chi connectivity index (χ2n) is 8.66. The van der Waals surface area contributed by atoms with Gasteiger partial charge >= 0.3 is 5.97 Å². The van der Waals surface area contributed by atoms with Gasteiger partial charge in [-0.3, -0.25) is 0 Å². The third-order valence-corrected chi connectivity index (χ3v) is 7.13. The van der Waals surface area contributed by atoms with Gasteiger partial charge in [0.1, 0.15) is 11.5 Å². The van der Waals surface area contributed by atoms with Crippen LogP contribution >= 0.6 is 11.8 Å². The van der Waals surface area contributed by atoms with Gasteiger partial charge in [0.2, 0.25) is 0 Å². The molecule has 4 rings (SSSR count). The molecular formula is C30H34O5S. The third-order valence-electron chi connectivity index (χ3n) is 6.04. The Morgan fingerprint density at radius 3 is 2.69 bits per heavy atom. The van der Waals surface area contributed by atoms with Crippen molar-refractivity contribution in [2.24, 2.45) is 0 Å². The molecule has 0 aromatic heterocycles. The first-order valence-electron chi connectivity index (χ1n) is 12.7. The van der Waals surface area contributed by atoms with E-state index in [-0.39, 0.29) is 5.97 Å². The number of hydrogen-bond acceptors (Lipinski definition) is 6. The fourth-order valence-corrected chi connectivity index (χ4v) is 5.43. The van der Waals surface area contributed by atoms with E-state index < -0.39 is 6.10 Å². The molecule has 0 saturated heterocycles. The Bertz CT molecular complexity index is 1100. The van der Waals surface area contributed by atoms with Crippen molar-refractivity contribution >= 4 is 23.3 Å². The molecule has 0 radical (unpaired) electrons. The average molecular weight is 507 g/mol. The van der Waals surface area contributed by atoms with E-state index in [0.717, 1.165) is 36.3 Å². The van der Waals surface area contributed by atoms with Crippen LogP contribution in [0.5, 0.6) is 11.5 Å². The number of ether oxygens (including phenoxy) is 4. The van der Waals surface area contributed by atoms with Crippen molar-refractivity contribution in [2.75, 3.05) is 19.8 Å². The summed E-state index contributed by atoms with van der Waals surface area (Å²) in [6.45, 7) is 5.35. The second-order valence-corrected chi connectivity index (χ2v) is 9.78. The summed E-state index contributed by atoms with van der Waals surface area (Å²) < 4.78 is 22.7. The highest BCUT2D eigenvalue weighted by Gasteiger charge is 2.25. The molecule has 0 N–H and O–H groups in total. The molecule has 0 amide bonds. The smallest absolute Gasteiger partial charge is 0.335 e. The van der Waals surface area contributed by atoms with E-state index in [1.807, 2.05) is 55.1 Å². The fourth-order valence-electron chi connectivity index (χ4n) is 4.31.